The van der Waals surface area contributed by atoms with E-state index in [1.165, 1.54) is 11.1 Å². The minimum atomic E-state index is 0.854. The van der Waals surface area contributed by atoms with E-state index in [0.29, 0.717) is 0 Å². The van der Waals surface area contributed by atoms with E-state index in [-0.39, 0.29) is 0 Å². The van der Waals surface area contributed by atoms with Gasteiger partial charge < -0.3 is 0 Å². The highest BCUT2D eigenvalue weighted by atomic mass is 79.9. The zero-order valence-corrected chi connectivity index (χ0v) is 8.11. The molecule has 0 saturated heterocycles. The molecule has 0 saturated carbocycles. The van der Waals surface area contributed by atoms with Gasteiger partial charge in [-0.2, -0.15) is 0 Å². The van der Waals surface area contributed by atoms with Crippen LogP contribution in [0.3, 0.4) is 0 Å². The smallest absolute Gasteiger partial charge is 0.0589 e. The fourth-order valence-corrected chi connectivity index (χ4v) is 1.90. The van der Waals surface area contributed by atoms with Gasteiger partial charge in [-0.05, 0) is 39.5 Å². The molecule has 0 heterocycles. The van der Waals surface area contributed by atoms with E-state index in [4.69, 9.17) is 11.6 Å². The third-order valence-corrected chi connectivity index (χ3v) is 3.17. The number of allylic oxidation sites excluding steroid dienone is 1. The number of hydrogen-bond donors (Lipinski definition) is 0. The monoisotopic (exact) mass is 228 g/mol. The van der Waals surface area contributed by atoms with Gasteiger partial charge in [-0.15, -0.1) is 0 Å². The van der Waals surface area contributed by atoms with Gasteiger partial charge in [-0.3, -0.25) is 0 Å². The predicted octanol–water partition coefficient (Wildman–Crippen LogP) is 3.67. The van der Waals surface area contributed by atoms with E-state index >= 15 is 0 Å². The van der Waals surface area contributed by atoms with Crippen LogP contribution in [0.4, 0.5) is 0 Å². The lowest BCUT2D eigenvalue weighted by Crippen LogP contribution is -1.83. The number of hydrogen-bond acceptors (Lipinski definition) is 0. The van der Waals surface area contributed by atoms with E-state index < -0.39 is 0 Å². The largest absolute Gasteiger partial charge is 0.0828 e. The molecule has 0 amide bonds. The quantitative estimate of drug-likeness (QED) is 0.637. The summed E-state index contributed by atoms with van der Waals surface area (Å²) < 4.78 is 0.988. The second-order valence-corrected chi connectivity index (χ2v) is 3.77. The summed E-state index contributed by atoms with van der Waals surface area (Å²) >= 11 is 9.44. The SMILES string of the molecule is Clc1c(Br)ccc2c1CC=C2. The standard InChI is InChI=1S/C9H6BrCl/c10-8-5-4-6-2-1-3-7(6)9(8)11/h1-2,4-5H,3H2. The van der Waals surface area contributed by atoms with Crippen LogP contribution in [0.5, 0.6) is 0 Å². The fourth-order valence-electron chi connectivity index (χ4n) is 1.27. The van der Waals surface area contributed by atoms with Gasteiger partial charge >= 0.3 is 0 Å². The lowest BCUT2D eigenvalue weighted by Gasteiger charge is -2.02. The van der Waals surface area contributed by atoms with E-state index in [1.807, 2.05) is 6.07 Å². The molecular weight excluding hydrogens is 223 g/mol. The van der Waals surface area contributed by atoms with Crippen LogP contribution in [0.1, 0.15) is 11.1 Å². The van der Waals surface area contributed by atoms with Crippen molar-refractivity contribution in [2.24, 2.45) is 0 Å². The van der Waals surface area contributed by atoms with E-state index in [1.54, 1.807) is 0 Å². The fraction of sp³-hybridized carbons (Fsp3) is 0.111. The summed E-state index contributed by atoms with van der Waals surface area (Å²) in [4.78, 5) is 0. The molecule has 0 radical (unpaired) electrons. The maximum atomic E-state index is 6.05. The maximum Gasteiger partial charge on any atom is 0.0589 e. The molecule has 0 aliphatic heterocycles. The second-order valence-electron chi connectivity index (χ2n) is 2.54. The lowest BCUT2D eigenvalue weighted by molar-refractivity contribution is 1.30. The molecule has 1 aromatic carbocycles. The Morgan fingerprint density at radius 3 is 3.00 bits per heavy atom. The van der Waals surface area contributed by atoms with Crippen LogP contribution in [-0.2, 0) is 6.42 Å². The van der Waals surface area contributed by atoms with Gasteiger partial charge in [0.25, 0.3) is 0 Å². The van der Waals surface area contributed by atoms with E-state index in [0.717, 1.165) is 15.9 Å². The maximum absolute atomic E-state index is 6.05. The van der Waals surface area contributed by atoms with Crippen molar-refractivity contribution >= 4 is 33.6 Å². The Kier molecular flexibility index (Phi) is 1.78. The lowest BCUT2D eigenvalue weighted by atomic mass is 10.1. The molecule has 11 heavy (non-hydrogen) atoms. The van der Waals surface area contributed by atoms with Crippen LogP contribution in [0.2, 0.25) is 5.02 Å². The summed E-state index contributed by atoms with van der Waals surface area (Å²) in [5.74, 6) is 0. The van der Waals surface area contributed by atoms with Crippen molar-refractivity contribution in [1.29, 1.82) is 0 Å². The van der Waals surface area contributed by atoms with Crippen molar-refractivity contribution in [1.82, 2.24) is 0 Å². The highest BCUT2D eigenvalue weighted by molar-refractivity contribution is 9.10. The molecule has 0 unspecified atom stereocenters. The van der Waals surface area contributed by atoms with E-state index in [2.05, 4.69) is 34.1 Å². The Hall–Kier alpha value is -0.270. The molecule has 0 N–H and O–H groups in total. The van der Waals surface area contributed by atoms with Gasteiger partial charge in [0.15, 0.2) is 0 Å². The zero-order chi connectivity index (χ0) is 7.84. The Labute approximate surface area is 79.0 Å². The molecule has 0 aromatic heterocycles. The number of benzene rings is 1. The van der Waals surface area contributed by atoms with Crippen molar-refractivity contribution in [3.8, 4) is 0 Å². The predicted molar refractivity (Wildman–Crippen MR) is 51.9 cm³/mol. The van der Waals surface area contributed by atoms with Gasteiger partial charge in [-0.25, -0.2) is 0 Å². The molecule has 0 atom stereocenters. The summed E-state index contributed by atoms with van der Waals surface area (Å²) in [6.07, 6.45) is 5.20. The molecule has 0 bridgehead atoms. The first-order valence-corrected chi connectivity index (χ1v) is 4.59. The highest BCUT2D eigenvalue weighted by Gasteiger charge is 2.10. The summed E-state index contributed by atoms with van der Waals surface area (Å²) in [6, 6.07) is 4.06. The molecule has 2 heteroatoms. The topological polar surface area (TPSA) is 0 Å². The Morgan fingerprint density at radius 1 is 1.36 bits per heavy atom. The van der Waals surface area contributed by atoms with Crippen LogP contribution in [-0.4, -0.2) is 0 Å². The first kappa shape index (κ1) is 7.38. The molecule has 0 spiro atoms. The summed E-state index contributed by atoms with van der Waals surface area (Å²) in [5.41, 5.74) is 2.49. The molecule has 1 aliphatic carbocycles. The van der Waals surface area contributed by atoms with Crippen LogP contribution in [0.15, 0.2) is 22.7 Å². The zero-order valence-electron chi connectivity index (χ0n) is 5.77. The first-order valence-electron chi connectivity index (χ1n) is 3.42. The van der Waals surface area contributed by atoms with Crippen molar-refractivity contribution in [3.05, 3.63) is 38.8 Å². The average molecular weight is 230 g/mol. The Balaban J connectivity index is 2.67. The molecule has 1 aliphatic rings. The van der Waals surface area contributed by atoms with Gasteiger partial charge in [-0.1, -0.05) is 29.8 Å². The van der Waals surface area contributed by atoms with Crippen molar-refractivity contribution in [3.63, 3.8) is 0 Å². The molecule has 1 aromatic rings. The molecule has 0 fully saturated rings. The van der Waals surface area contributed by atoms with Gasteiger partial charge in [0.2, 0.25) is 0 Å². The van der Waals surface area contributed by atoms with Gasteiger partial charge in [0.05, 0.1) is 5.02 Å². The molecular formula is C9H6BrCl. The number of rotatable bonds is 0. The Bertz CT molecular complexity index is 329. The third-order valence-electron chi connectivity index (χ3n) is 1.85. The minimum Gasteiger partial charge on any atom is -0.0828 e. The number of fused-ring (bicyclic) bond motifs is 1. The van der Waals surface area contributed by atoms with Crippen molar-refractivity contribution < 1.29 is 0 Å². The third kappa shape index (κ3) is 1.13. The van der Waals surface area contributed by atoms with Crippen molar-refractivity contribution in [2.45, 2.75) is 6.42 Å². The van der Waals surface area contributed by atoms with Gasteiger partial charge in [0, 0.05) is 4.47 Å². The average Bonchev–Trinajstić information content (AvgIpc) is 2.45. The second kappa shape index (κ2) is 2.65. The summed E-state index contributed by atoms with van der Waals surface area (Å²) in [7, 11) is 0. The van der Waals surface area contributed by atoms with Crippen LogP contribution < -0.4 is 0 Å². The molecule has 0 nitrogen and oxygen atoms in total. The molecule has 56 valence electrons. The van der Waals surface area contributed by atoms with Crippen molar-refractivity contribution in [2.75, 3.05) is 0 Å². The van der Waals surface area contributed by atoms with E-state index in [9.17, 15) is 0 Å². The Morgan fingerprint density at radius 2 is 2.18 bits per heavy atom. The van der Waals surface area contributed by atoms with Crippen LogP contribution in [0.25, 0.3) is 6.08 Å². The van der Waals surface area contributed by atoms with Crippen LogP contribution >= 0.6 is 27.5 Å². The normalized spacial score (nSPS) is 13.6. The van der Waals surface area contributed by atoms with Crippen LogP contribution in [0, 0.1) is 0 Å². The minimum absolute atomic E-state index is 0.854. The number of halogens is 2. The first-order chi connectivity index (χ1) is 5.29. The summed E-state index contributed by atoms with van der Waals surface area (Å²) in [5, 5.41) is 0.854. The molecule has 2 rings (SSSR count). The highest BCUT2D eigenvalue weighted by Crippen LogP contribution is 2.32. The van der Waals surface area contributed by atoms with Gasteiger partial charge in [0.1, 0.15) is 0 Å². The summed E-state index contributed by atoms with van der Waals surface area (Å²) in [6.45, 7) is 0.